The number of carbonyl (C=O) groups is 1. The second-order valence-electron chi connectivity index (χ2n) is 7.04. The molecule has 1 saturated heterocycles. The number of aromatic nitrogens is 3. The van der Waals surface area contributed by atoms with E-state index in [1.54, 1.807) is 6.20 Å². The minimum absolute atomic E-state index is 0.0104. The molecule has 1 aliphatic rings. The predicted molar refractivity (Wildman–Crippen MR) is 105 cm³/mol. The van der Waals surface area contributed by atoms with Crippen molar-refractivity contribution in [2.75, 3.05) is 45.2 Å². The van der Waals surface area contributed by atoms with Crippen LogP contribution >= 0.6 is 0 Å². The van der Waals surface area contributed by atoms with Gasteiger partial charge in [0, 0.05) is 45.1 Å². The molecule has 0 spiro atoms. The van der Waals surface area contributed by atoms with E-state index in [0.29, 0.717) is 25.3 Å². The summed E-state index contributed by atoms with van der Waals surface area (Å²) in [5, 5.41) is 0. The highest BCUT2D eigenvalue weighted by atomic mass is 16.2. The molecule has 1 aliphatic heterocycles. The quantitative estimate of drug-likeness (QED) is 0.706. The van der Waals surface area contributed by atoms with Gasteiger partial charge in [0.1, 0.15) is 11.5 Å². The van der Waals surface area contributed by atoms with E-state index in [1.807, 2.05) is 66.0 Å². The molecule has 4 rings (SSSR count). The standard InChI is InChI=1S/C20H24N6O/c1-23(2)15-16-19(22-18-8-4-6-10-26(16)18)20(27)25-13-11-24(12-14-25)17-7-3-5-9-21-17/h3-10H,11-15H2,1-2H3. The maximum absolute atomic E-state index is 13.2. The molecule has 0 radical (unpaired) electrons. The second kappa shape index (κ2) is 7.36. The van der Waals surface area contributed by atoms with E-state index in [2.05, 4.69) is 19.8 Å². The van der Waals surface area contributed by atoms with E-state index in [1.165, 1.54) is 0 Å². The molecular formula is C20H24N6O. The minimum Gasteiger partial charge on any atom is -0.353 e. The molecule has 0 saturated carbocycles. The number of hydrogen-bond acceptors (Lipinski definition) is 5. The lowest BCUT2D eigenvalue weighted by Crippen LogP contribution is -2.49. The molecule has 4 heterocycles. The zero-order valence-electron chi connectivity index (χ0n) is 15.7. The Kier molecular flexibility index (Phi) is 4.77. The van der Waals surface area contributed by atoms with Crippen molar-refractivity contribution in [3.63, 3.8) is 0 Å². The maximum Gasteiger partial charge on any atom is 0.274 e. The molecule has 140 valence electrons. The lowest BCUT2D eigenvalue weighted by molar-refractivity contribution is 0.0739. The number of carbonyl (C=O) groups excluding carboxylic acids is 1. The molecule has 27 heavy (non-hydrogen) atoms. The largest absolute Gasteiger partial charge is 0.353 e. The van der Waals surface area contributed by atoms with E-state index in [0.717, 1.165) is 30.2 Å². The van der Waals surface area contributed by atoms with Gasteiger partial charge in [-0.15, -0.1) is 0 Å². The molecule has 1 amide bonds. The Morgan fingerprint density at radius 1 is 1.07 bits per heavy atom. The summed E-state index contributed by atoms with van der Waals surface area (Å²) in [7, 11) is 4.00. The van der Waals surface area contributed by atoms with Crippen molar-refractivity contribution >= 4 is 17.4 Å². The monoisotopic (exact) mass is 364 g/mol. The molecule has 0 aromatic carbocycles. The lowest BCUT2D eigenvalue weighted by atomic mass is 10.2. The Hall–Kier alpha value is -2.93. The first-order chi connectivity index (χ1) is 13.1. The highest BCUT2D eigenvalue weighted by Crippen LogP contribution is 2.19. The van der Waals surface area contributed by atoms with Gasteiger partial charge < -0.3 is 19.1 Å². The van der Waals surface area contributed by atoms with Crippen molar-refractivity contribution in [2.24, 2.45) is 0 Å². The van der Waals surface area contributed by atoms with Gasteiger partial charge in [-0.05, 0) is 38.4 Å². The number of nitrogens with zero attached hydrogens (tertiary/aromatic N) is 6. The average Bonchev–Trinajstić information content (AvgIpc) is 3.06. The summed E-state index contributed by atoms with van der Waals surface area (Å²) in [4.78, 5) is 28.4. The van der Waals surface area contributed by atoms with Gasteiger partial charge in [-0.25, -0.2) is 9.97 Å². The number of pyridine rings is 2. The second-order valence-corrected chi connectivity index (χ2v) is 7.04. The fraction of sp³-hybridized carbons (Fsp3) is 0.350. The van der Waals surface area contributed by atoms with E-state index in [4.69, 9.17) is 0 Å². The average molecular weight is 364 g/mol. The van der Waals surface area contributed by atoms with Crippen LogP contribution in [-0.2, 0) is 6.54 Å². The van der Waals surface area contributed by atoms with E-state index in [9.17, 15) is 4.79 Å². The number of imidazole rings is 1. The van der Waals surface area contributed by atoms with Crippen molar-refractivity contribution in [3.8, 4) is 0 Å². The SMILES string of the molecule is CN(C)Cc1c(C(=O)N2CCN(c3ccccn3)CC2)nc2ccccn12. The number of piperazine rings is 1. The topological polar surface area (TPSA) is 57.0 Å². The molecule has 0 bridgehead atoms. The van der Waals surface area contributed by atoms with Crippen molar-refractivity contribution < 1.29 is 4.79 Å². The highest BCUT2D eigenvalue weighted by molar-refractivity contribution is 5.94. The molecule has 7 nitrogen and oxygen atoms in total. The van der Waals surface area contributed by atoms with Crippen LogP contribution in [0.2, 0.25) is 0 Å². The first-order valence-corrected chi connectivity index (χ1v) is 9.19. The zero-order chi connectivity index (χ0) is 18.8. The van der Waals surface area contributed by atoms with Gasteiger partial charge in [0.25, 0.3) is 5.91 Å². The fourth-order valence-electron chi connectivity index (χ4n) is 3.50. The number of fused-ring (bicyclic) bond motifs is 1. The molecule has 0 unspecified atom stereocenters. The summed E-state index contributed by atoms with van der Waals surface area (Å²) >= 11 is 0. The van der Waals surface area contributed by atoms with E-state index < -0.39 is 0 Å². The number of rotatable bonds is 4. The number of amides is 1. The molecular weight excluding hydrogens is 340 g/mol. The molecule has 3 aromatic heterocycles. The Morgan fingerprint density at radius 2 is 1.85 bits per heavy atom. The third-order valence-corrected chi connectivity index (χ3v) is 4.84. The molecule has 0 atom stereocenters. The summed E-state index contributed by atoms with van der Waals surface area (Å²) < 4.78 is 2.01. The van der Waals surface area contributed by atoms with Gasteiger partial charge in [-0.1, -0.05) is 12.1 Å². The number of hydrogen-bond donors (Lipinski definition) is 0. The molecule has 7 heteroatoms. The summed E-state index contributed by atoms with van der Waals surface area (Å²) in [5.74, 6) is 0.974. The van der Waals surface area contributed by atoms with Crippen LogP contribution in [0.5, 0.6) is 0 Å². The van der Waals surface area contributed by atoms with Crippen LogP contribution in [0.4, 0.5) is 5.82 Å². The third kappa shape index (κ3) is 3.50. The first kappa shape index (κ1) is 17.5. The van der Waals surface area contributed by atoms with Crippen molar-refractivity contribution in [1.82, 2.24) is 24.2 Å². The van der Waals surface area contributed by atoms with E-state index >= 15 is 0 Å². The fourth-order valence-corrected chi connectivity index (χ4v) is 3.50. The maximum atomic E-state index is 13.2. The van der Waals surface area contributed by atoms with E-state index in [-0.39, 0.29) is 5.91 Å². The summed E-state index contributed by atoms with van der Waals surface area (Å²) in [6.45, 7) is 3.56. The van der Waals surface area contributed by atoms with Crippen LogP contribution < -0.4 is 4.90 Å². The van der Waals surface area contributed by atoms with Gasteiger partial charge in [0.05, 0.1) is 5.69 Å². The Labute approximate surface area is 158 Å². The van der Waals surface area contributed by atoms with Crippen LogP contribution in [0, 0.1) is 0 Å². The smallest absolute Gasteiger partial charge is 0.274 e. The van der Waals surface area contributed by atoms with Crippen LogP contribution in [0.25, 0.3) is 5.65 Å². The molecule has 0 aliphatic carbocycles. The Morgan fingerprint density at radius 3 is 2.56 bits per heavy atom. The van der Waals surface area contributed by atoms with Gasteiger partial charge in [-0.2, -0.15) is 0 Å². The Balaban J connectivity index is 1.55. The molecule has 3 aromatic rings. The van der Waals surface area contributed by atoms with Crippen LogP contribution in [0.15, 0.2) is 48.8 Å². The van der Waals surface area contributed by atoms with Crippen LogP contribution in [0.3, 0.4) is 0 Å². The summed E-state index contributed by atoms with van der Waals surface area (Å²) in [5.41, 5.74) is 2.30. The molecule has 0 N–H and O–H groups in total. The summed E-state index contributed by atoms with van der Waals surface area (Å²) in [6, 6.07) is 11.8. The van der Waals surface area contributed by atoms with Crippen molar-refractivity contribution in [1.29, 1.82) is 0 Å². The first-order valence-electron chi connectivity index (χ1n) is 9.19. The third-order valence-electron chi connectivity index (χ3n) is 4.84. The van der Waals surface area contributed by atoms with Gasteiger partial charge in [0.15, 0.2) is 5.69 Å². The van der Waals surface area contributed by atoms with Crippen LogP contribution in [-0.4, -0.2) is 70.4 Å². The number of anilines is 1. The van der Waals surface area contributed by atoms with Gasteiger partial charge >= 0.3 is 0 Å². The minimum atomic E-state index is 0.0104. The molecule has 1 fully saturated rings. The highest BCUT2D eigenvalue weighted by Gasteiger charge is 2.27. The van der Waals surface area contributed by atoms with Crippen molar-refractivity contribution in [2.45, 2.75) is 6.54 Å². The zero-order valence-corrected chi connectivity index (χ0v) is 15.7. The van der Waals surface area contributed by atoms with Gasteiger partial charge in [0.2, 0.25) is 0 Å². The lowest BCUT2D eigenvalue weighted by Gasteiger charge is -2.35. The predicted octanol–water partition coefficient (Wildman–Crippen LogP) is 1.75. The van der Waals surface area contributed by atoms with Gasteiger partial charge in [-0.3, -0.25) is 4.79 Å². The Bertz CT molecular complexity index is 928. The summed E-state index contributed by atoms with van der Waals surface area (Å²) in [6.07, 6.45) is 3.77. The van der Waals surface area contributed by atoms with Crippen LogP contribution in [0.1, 0.15) is 16.2 Å². The normalized spacial score (nSPS) is 14.9. The van der Waals surface area contributed by atoms with Crippen molar-refractivity contribution in [3.05, 3.63) is 60.2 Å².